The summed E-state index contributed by atoms with van der Waals surface area (Å²) in [5.74, 6) is -0.475. The zero-order valence-electron chi connectivity index (χ0n) is 13.5. The minimum atomic E-state index is -0.546. The molecule has 1 fully saturated rings. The van der Waals surface area contributed by atoms with E-state index in [4.69, 9.17) is 23.2 Å². The van der Waals surface area contributed by atoms with Crippen molar-refractivity contribution in [2.45, 2.75) is 18.4 Å². The third-order valence-corrected chi connectivity index (χ3v) is 4.87. The normalized spacial score (nSPS) is 19.7. The second-order valence-corrected chi connectivity index (χ2v) is 6.74. The van der Waals surface area contributed by atoms with Crippen molar-refractivity contribution >= 4 is 40.7 Å². The van der Waals surface area contributed by atoms with Crippen LogP contribution in [-0.2, 0) is 9.59 Å². The molecule has 2 aromatic rings. The average Bonchev–Trinajstić information content (AvgIpc) is 3.07. The van der Waals surface area contributed by atoms with Gasteiger partial charge in [-0.05, 0) is 30.2 Å². The van der Waals surface area contributed by atoms with Crippen LogP contribution >= 0.6 is 23.2 Å². The van der Waals surface area contributed by atoms with Gasteiger partial charge in [-0.3, -0.25) is 9.59 Å². The number of likely N-dealkylation sites (tertiary alicyclic amines) is 1. The number of carbonyl (C=O) groups excluding carboxylic acids is 2. The SMILES string of the molecule is O=C(Nc1cccc(Cl)c1)[C@H]1C[C@H](c2ccccc2)CN1C(=O)CCl. The number of alkyl halides is 1. The number of hydrogen-bond acceptors (Lipinski definition) is 2. The van der Waals surface area contributed by atoms with Gasteiger partial charge in [-0.1, -0.05) is 48.0 Å². The quantitative estimate of drug-likeness (QED) is 0.822. The molecule has 3 rings (SSSR count). The first-order valence-corrected chi connectivity index (χ1v) is 8.96. The van der Waals surface area contributed by atoms with E-state index in [0.717, 1.165) is 5.56 Å². The Hall–Kier alpha value is -2.04. The lowest BCUT2D eigenvalue weighted by molar-refractivity contribution is -0.134. The van der Waals surface area contributed by atoms with Gasteiger partial charge in [0.1, 0.15) is 11.9 Å². The van der Waals surface area contributed by atoms with E-state index in [9.17, 15) is 9.59 Å². The Balaban J connectivity index is 1.79. The minimum Gasteiger partial charge on any atom is -0.329 e. The van der Waals surface area contributed by atoms with Gasteiger partial charge in [0.2, 0.25) is 11.8 Å². The van der Waals surface area contributed by atoms with Crippen molar-refractivity contribution < 1.29 is 9.59 Å². The standard InChI is InChI=1S/C19H18Cl2N2O2/c20-11-18(24)23-12-14(13-5-2-1-3-6-13)9-17(23)19(25)22-16-8-4-7-15(21)10-16/h1-8,10,14,17H,9,11-12H2,(H,22,25)/t14-,17+/m0/s1. The van der Waals surface area contributed by atoms with Crippen molar-refractivity contribution in [1.82, 2.24) is 4.90 Å². The Morgan fingerprint density at radius 2 is 1.88 bits per heavy atom. The lowest BCUT2D eigenvalue weighted by Crippen LogP contribution is -2.43. The van der Waals surface area contributed by atoms with Crippen LogP contribution in [0, 0.1) is 0 Å². The van der Waals surface area contributed by atoms with E-state index in [1.807, 2.05) is 30.3 Å². The van der Waals surface area contributed by atoms with Crippen LogP contribution in [0.15, 0.2) is 54.6 Å². The highest BCUT2D eigenvalue weighted by Gasteiger charge is 2.39. The number of carbonyl (C=O) groups is 2. The molecule has 1 N–H and O–H groups in total. The maximum atomic E-state index is 12.7. The van der Waals surface area contributed by atoms with Gasteiger partial charge in [0, 0.05) is 23.2 Å². The zero-order valence-corrected chi connectivity index (χ0v) is 15.0. The molecule has 0 aliphatic carbocycles. The molecule has 25 heavy (non-hydrogen) atoms. The molecule has 4 nitrogen and oxygen atoms in total. The molecule has 0 aromatic heterocycles. The largest absolute Gasteiger partial charge is 0.329 e. The Labute approximate surface area is 156 Å². The van der Waals surface area contributed by atoms with E-state index in [-0.39, 0.29) is 23.6 Å². The van der Waals surface area contributed by atoms with Crippen LogP contribution in [0.25, 0.3) is 0 Å². The highest BCUT2D eigenvalue weighted by molar-refractivity contribution is 6.31. The summed E-state index contributed by atoms with van der Waals surface area (Å²) >= 11 is 11.7. The molecule has 0 unspecified atom stereocenters. The van der Waals surface area contributed by atoms with Gasteiger partial charge in [-0.15, -0.1) is 11.6 Å². The van der Waals surface area contributed by atoms with E-state index >= 15 is 0 Å². The van der Waals surface area contributed by atoms with Gasteiger partial charge in [0.05, 0.1) is 0 Å². The molecular weight excluding hydrogens is 359 g/mol. The Morgan fingerprint density at radius 3 is 2.56 bits per heavy atom. The fraction of sp³-hybridized carbons (Fsp3) is 0.263. The predicted octanol–water partition coefficient (Wildman–Crippen LogP) is 3.90. The first kappa shape index (κ1) is 17.8. The van der Waals surface area contributed by atoms with E-state index in [0.29, 0.717) is 23.7 Å². The van der Waals surface area contributed by atoms with Crippen LogP contribution < -0.4 is 5.32 Å². The lowest BCUT2D eigenvalue weighted by Gasteiger charge is -2.23. The van der Waals surface area contributed by atoms with Crippen LogP contribution in [-0.4, -0.2) is 35.2 Å². The molecule has 1 saturated heterocycles. The molecule has 1 heterocycles. The van der Waals surface area contributed by atoms with Crippen molar-refractivity contribution in [3.8, 4) is 0 Å². The van der Waals surface area contributed by atoms with Gasteiger partial charge in [-0.2, -0.15) is 0 Å². The first-order chi connectivity index (χ1) is 12.1. The summed E-state index contributed by atoms with van der Waals surface area (Å²) in [5.41, 5.74) is 1.73. The number of benzene rings is 2. The highest BCUT2D eigenvalue weighted by Crippen LogP contribution is 2.32. The van der Waals surface area contributed by atoms with Crippen LogP contribution in [0.1, 0.15) is 17.9 Å². The van der Waals surface area contributed by atoms with Crippen LogP contribution in [0.3, 0.4) is 0 Å². The Morgan fingerprint density at radius 1 is 1.12 bits per heavy atom. The van der Waals surface area contributed by atoms with E-state index in [1.165, 1.54) is 0 Å². The number of anilines is 1. The summed E-state index contributed by atoms with van der Waals surface area (Å²) in [6, 6.07) is 16.3. The monoisotopic (exact) mass is 376 g/mol. The van der Waals surface area contributed by atoms with Crippen molar-refractivity contribution in [3.05, 3.63) is 65.2 Å². The summed E-state index contributed by atoms with van der Waals surface area (Å²) in [6.07, 6.45) is 0.568. The summed E-state index contributed by atoms with van der Waals surface area (Å²) in [5, 5.41) is 3.39. The number of nitrogens with zero attached hydrogens (tertiary/aromatic N) is 1. The minimum absolute atomic E-state index is 0.114. The van der Waals surface area contributed by atoms with Crippen molar-refractivity contribution in [3.63, 3.8) is 0 Å². The fourth-order valence-electron chi connectivity index (χ4n) is 3.20. The Bertz CT molecular complexity index is 767. The van der Waals surface area contributed by atoms with Crippen LogP contribution in [0.2, 0.25) is 5.02 Å². The smallest absolute Gasteiger partial charge is 0.247 e. The Kier molecular flexibility index (Phi) is 5.61. The molecule has 1 aliphatic rings. The topological polar surface area (TPSA) is 49.4 Å². The molecule has 0 radical (unpaired) electrons. The predicted molar refractivity (Wildman–Crippen MR) is 100 cm³/mol. The second-order valence-electron chi connectivity index (χ2n) is 6.04. The van der Waals surface area contributed by atoms with E-state index in [1.54, 1.807) is 29.2 Å². The number of rotatable bonds is 4. The average molecular weight is 377 g/mol. The molecule has 130 valence electrons. The van der Waals surface area contributed by atoms with Crippen molar-refractivity contribution in [1.29, 1.82) is 0 Å². The third kappa shape index (κ3) is 4.14. The van der Waals surface area contributed by atoms with E-state index in [2.05, 4.69) is 5.32 Å². The maximum Gasteiger partial charge on any atom is 0.247 e. The molecule has 0 saturated carbocycles. The molecule has 2 aromatic carbocycles. The molecular formula is C19H18Cl2N2O2. The van der Waals surface area contributed by atoms with Gasteiger partial charge >= 0.3 is 0 Å². The number of nitrogens with one attached hydrogen (secondary N) is 1. The lowest BCUT2D eigenvalue weighted by atomic mass is 9.96. The molecule has 0 spiro atoms. The van der Waals surface area contributed by atoms with Gasteiger partial charge in [0.25, 0.3) is 0 Å². The molecule has 6 heteroatoms. The van der Waals surface area contributed by atoms with Crippen molar-refractivity contribution in [2.75, 3.05) is 17.7 Å². The fourth-order valence-corrected chi connectivity index (χ4v) is 3.54. The second kappa shape index (κ2) is 7.89. The summed E-state index contributed by atoms with van der Waals surface area (Å²) in [7, 11) is 0. The van der Waals surface area contributed by atoms with Gasteiger partial charge in [-0.25, -0.2) is 0 Å². The molecule has 1 aliphatic heterocycles. The summed E-state index contributed by atoms with van der Waals surface area (Å²) in [6.45, 7) is 0.489. The molecule has 0 bridgehead atoms. The zero-order chi connectivity index (χ0) is 17.8. The number of amides is 2. The van der Waals surface area contributed by atoms with Gasteiger partial charge < -0.3 is 10.2 Å². The van der Waals surface area contributed by atoms with Crippen LogP contribution in [0.4, 0.5) is 5.69 Å². The molecule has 2 atom stereocenters. The molecule has 2 amide bonds. The first-order valence-electron chi connectivity index (χ1n) is 8.05. The van der Waals surface area contributed by atoms with Gasteiger partial charge in [0.15, 0.2) is 0 Å². The van der Waals surface area contributed by atoms with Crippen LogP contribution in [0.5, 0.6) is 0 Å². The summed E-state index contributed by atoms with van der Waals surface area (Å²) < 4.78 is 0. The van der Waals surface area contributed by atoms with Crippen molar-refractivity contribution in [2.24, 2.45) is 0 Å². The maximum absolute atomic E-state index is 12.7. The third-order valence-electron chi connectivity index (χ3n) is 4.40. The number of halogens is 2. The highest BCUT2D eigenvalue weighted by atomic mass is 35.5. The van der Waals surface area contributed by atoms with E-state index < -0.39 is 6.04 Å². The number of hydrogen-bond donors (Lipinski definition) is 1. The summed E-state index contributed by atoms with van der Waals surface area (Å²) in [4.78, 5) is 26.5.